The first-order chi connectivity index (χ1) is 7.79. The Morgan fingerprint density at radius 2 is 1.17 bits per heavy atom. The summed E-state index contributed by atoms with van der Waals surface area (Å²) >= 11 is 0. The van der Waals surface area contributed by atoms with Gasteiger partial charge >= 0.3 is 107 Å². The molecule has 8 heteroatoms. The molecule has 0 fully saturated rings. The predicted molar refractivity (Wildman–Crippen MR) is 69.8 cm³/mol. The summed E-state index contributed by atoms with van der Waals surface area (Å²) < 4.78 is 64.7. The molecule has 0 spiro atoms. The van der Waals surface area contributed by atoms with Crippen LogP contribution in [0.3, 0.4) is 0 Å². The second-order valence-electron chi connectivity index (χ2n) is 5.30. The van der Waals surface area contributed by atoms with Gasteiger partial charge < -0.3 is 0 Å². The van der Waals surface area contributed by atoms with Crippen LogP contribution in [0, 0.1) is 0 Å². The number of halogens is 3. The van der Waals surface area contributed by atoms with E-state index in [0.29, 0.717) is 0 Å². The van der Waals surface area contributed by atoms with Crippen LogP contribution in [0.2, 0.25) is 0 Å². The van der Waals surface area contributed by atoms with E-state index < -0.39 is 23.1 Å². The van der Waals surface area contributed by atoms with Crippen LogP contribution in [0.5, 0.6) is 0 Å². The molecule has 3 nitrogen and oxygen atoms in total. The van der Waals surface area contributed by atoms with Gasteiger partial charge in [-0.25, -0.2) is 0 Å². The molecule has 0 saturated carbocycles. The van der Waals surface area contributed by atoms with Crippen LogP contribution in [0.25, 0.3) is 0 Å². The Bertz CT molecular complexity index is 353. The van der Waals surface area contributed by atoms with Crippen LogP contribution in [0.15, 0.2) is 0 Å². The summed E-state index contributed by atoms with van der Waals surface area (Å²) in [6.07, 6.45) is 0. The van der Waals surface area contributed by atoms with Crippen molar-refractivity contribution in [1.82, 2.24) is 0 Å². The van der Waals surface area contributed by atoms with E-state index in [4.69, 9.17) is 3.97 Å². The summed E-state index contributed by atoms with van der Waals surface area (Å²) in [5.41, 5.74) is -6.04. The SMILES string of the molecule is CC(C)[PH](OS(=O)(=O)C(F)(F)F)(C(C)C)C(C)C. The molecular weight excluding hydrogens is 288 g/mol. The predicted octanol–water partition coefficient (Wildman–Crippen LogP) is 3.74. The molecule has 0 unspecified atom stereocenters. The molecule has 0 aliphatic carbocycles. The summed E-state index contributed by atoms with van der Waals surface area (Å²) in [6.45, 7) is 10.3. The number of rotatable bonds is 5. The fraction of sp³-hybridized carbons (Fsp3) is 1.00. The van der Waals surface area contributed by atoms with E-state index in [-0.39, 0.29) is 17.0 Å². The number of hydrogen-bond acceptors (Lipinski definition) is 3. The van der Waals surface area contributed by atoms with Crippen LogP contribution in [0.1, 0.15) is 41.5 Å². The number of hydrogen-bond donors (Lipinski definition) is 0. The van der Waals surface area contributed by atoms with Gasteiger partial charge in [0.25, 0.3) is 0 Å². The van der Waals surface area contributed by atoms with E-state index in [0.717, 1.165) is 0 Å². The maximum atomic E-state index is 12.5. The molecule has 0 aromatic heterocycles. The van der Waals surface area contributed by atoms with E-state index in [1.54, 1.807) is 41.5 Å². The molecule has 0 aliphatic rings. The van der Waals surface area contributed by atoms with Gasteiger partial charge in [-0.3, -0.25) is 0 Å². The molecule has 0 saturated heterocycles. The second-order valence-corrected chi connectivity index (χ2v) is 12.5. The van der Waals surface area contributed by atoms with Crippen molar-refractivity contribution in [2.75, 3.05) is 0 Å². The zero-order chi connectivity index (χ0) is 14.9. The molecule has 18 heavy (non-hydrogen) atoms. The number of alkyl halides is 3. The Labute approximate surface area is 108 Å². The average Bonchev–Trinajstić information content (AvgIpc) is 2.10. The van der Waals surface area contributed by atoms with Crippen LogP contribution in [-0.4, -0.2) is 30.9 Å². The van der Waals surface area contributed by atoms with Crippen molar-refractivity contribution >= 4 is 17.6 Å². The van der Waals surface area contributed by atoms with Crippen molar-refractivity contribution in [3.8, 4) is 0 Å². The van der Waals surface area contributed by atoms with E-state index in [2.05, 4.69) is 0 Å². The van der Waals surface area contributed by atoms with Gasteiger partial charge in [-0.05, 0) is 0 Å². The summed E-state index contributed by atoms with van der Waals surface area (Å²) in [6, 6.07) is 0. The van der Waals surface area contributed by atoms with Gasteiger partial charge in [0, 0.05) is 0 Å². The van der Waals surface area contributed by atoms with Crippen LogP contribution < -0.4 is 0 Å². The molecule has 0 heterocycles. The van der Waals surface area contributed by atoms with Gasteiger partial charge in [0.05, 0.1) is 0 Å². The van der Waals surface area contributed by atoms with Gasteiger partial charge in [0.1, 0.15) is 0 Å². The minimum absolute atomic E-state index is 0.227. The van der Waals surface area contributed by atoms with Gasteiger partial charge in [-0.1, -0.05) is 0 Å². The van der Waals surface area contributed by atoms with Crippen molar-refractivity contribution < 1.29 is 25.6 Å². The summed E-state index contributed by atoms with van der Waals surface area (Å²) in [5, 5.41) is 0. The second kappa shape index (κ2) is 5.63. The summed E-state index contributed by atoms with van der Waals surface area (Å²) in [4.78, 5) is 0. The Morgan fingerprint density at radius 1 is 0.889 bits per heavy atom. The quantitative estimate of drug-likeness (QED) is 0.574. The van der Waals surface area contributed by atoms with Gasteiger partial charge in [-0.15, -0.1) is 0 Å². The first-order valence-corrected chi connectivity index (χ1v) is 9.35. The molecule has 0 amide bonds. The van der Waals surface area contributed by atoms with Gasteiger partial charge in [0.15, 0.2) is 0 Å². The fourth-order valence-electron chi connectivity index (χ4n) is 2.53. The first-order valence-electron chi connectivity index (χ1n) is 5.81. The van der Waals surface area contributed by atoms with E-state index >= 15 is 0 Å². The van der Waals surface area contributed by atoms with Gasteiger partial charge in [-0.2, -0.15) is 0 Å². The van der Waals surface area contributed by atoms with Crippen LogP contribution >= 0.6 is 7.49 Å². The molecule has 0 aromatic carbocycles. The molecule has 112 valence electrons. The van der Waals surface area contributed by atoms with Gasteiger partial charge in [0.2, 0.25) is 0 Å². The van der Waals surface area contributed by atoms with Crippen molar-refractivity contribution in [3.63, 3.8) is 0 Å². The average molecular weight is 310 g/mol. The molecule has 0 N–H and O–H groups in total. The zero-order valence-electron chi connectivity index (χ0n) is 11.5. The third-order valence-corrected chi connectivity index (χ3v) is 11.3. The Kier molecular flexibility index (Phi) is 5.67. The topological polar surface area (TPSA) is 43.4 Å². The first kappa shape index (κ1) is 18.1. The van der Waals surface area contributed by atoms with Crippen molar-refractivity contribution in [2.45, 2.75) is 64.0 Å². The van der Waals surface area contributed by atoms with E-state index in [1.165, 1.54) is 0 Å². The molecule has 0 radical (unpaired) electrons. The Balaban J connectivity index is 5.68. The molecule has 0 aliphatic heterocycles. The molecule has 0 atom stereocenters. The Hall–Kier alpha value is 0.130. The summed E-state index contributed by atoms with van der Waals surface area (Å²) in [7, 11) is -8.61. The zero-order valence-corrected chi connectivity index (χ0v) is 13.3. The fourth-order valence-corrected chi connectivity index (χ4v) is 10.7. The minimum atomic E-state index is -5.53. The molecule has 0 aromatic rings. The third-order valence-electron chi connectivity index (χ3n) is 3.24. The third kappa shape index (κ3) is 3.36. The van der Waals surface area contributed by atoms with E-state index in [1.807, 2.05) is 0 Å². The molecule has 0 rings (SSSR count). The van der Waals surface area contributed by atoms with Crippen LogP contribution in [-0.2, 0) is 14.1 Å². The van der Waals surface area contributed by atoms with Crippen molar-refractivity contribution in [2.24, 2.45) is 0 Å². The van der Waals surface area contributed by atoms with Crippen LogP contribution in [0.4, 0.5) is 13.2 Å². The summed E-state index contributed by atoms with van der Waals surface area (Å²) in [5.74, 6) is 0. The van der Waals surface area contributed by atoms with E-state index in [9.17, 15) is 21.6 Å². The Morgan fingerprint density at radius 3 is 1.33 bits per heavy atom. The standard InChI is InChI=1S/C10H22F3O3PS/c1-7(2)17(8(3)4,9(5)6)16-18(14,15)10(11,12)13/h7-9,17H,1-6H3. The maximum absolute atomic E-state index is 12.5. The monoisotopic (exact) mass is 310 g/mol. The normalized spacial score (nSPS) is 15.8. The molecule has 0 bridgehead atoms. The van der Waals surface area contributed by atoms with Crippen molar-refractivity contribution in [3.05, 3.63) is 0 Å². The van der Waals surface area contributed by atoms with Crippen molar-refractivity contribution in [1.29, 1.82) is 0 Å². The molecular formula is C10H22F3O3PS.